The van der Waals surface area contributed by atoms with Crippen molar-refractivity contribution < 1.29 is 80.5 Å². The van der Waals surface area contributed by atoms with E-state index in [0.717, 1.165) is 71.0 Å². The first-order chi connectivity index (χ1) is 49.7. The minimum Gasteiger partial charge on any atom is -0.374 e. The fraction of sp³-hybridized carbons (Fsp3) is 0.476. The van der Waals surface area contributed by atoms with Crippen molar-refractivity contribution in [2.45, 2.75) is 210 Å². The molecular formula is C84H100O17. The van der Waals surface area contributed by atoms with Crippen LogP contribution >= 0.6 is 0 Å². The Balaban J connectivity index is 0.903. The molecule has 101 heavy (non-hydrogen) atoms. The largest absolute Gasteiger partial charge is 0.374 e. The Morgan fingerprint density at radius 3 is 1.31 bits per heavy atom. The Kier molecular flexibility index (Phi) is 26.6. The van der Waals surface area contributed by atoms with Crippen molar-refractivity contribution in [2.24, 2.45) is 17.8 Å². The van der Waals surface area contributed by atoms with E-state index >= 15 is 0 Å². The molecule has 0 spiro atoms. The highest BCUT2D eigenvalue weighted by molar-refractivity contribution is 5.21. The van der Waals surface area contributed by atoms with E-state index in [0.29, 0.717) is 19.8 Å². The molecule has 0 aromatic heterocycles. The smallest absolute Gasteiger partial charge is 0.187 e. The first kappa shape index (κ1) is 72.9. The van der Waals surface area contributed by atoms with Crippen LogP contribution in [0.5, 0.6) is 0 Å². The van der Waals surface area contributed by atoms with Crippen LogP contribution in [0.4, 0.5) is 0 Å². The zero-order valence-electron chi connectivity index (χ0n) is 58.5. The van der Waals surface area contributed by atoms with E-state index in [1.54, 1.807) is 0 Å². The van der Waals surface area contributed by atoms with Gasteiger partial charge in [0.1, 0.15) is 61.0 Å². The lowest BCUT2D eigenvalue weighted by molar-refractivity contribution is -0.430. The number of rotatable bonds is 32. The van der Waals surface area contributed by atoms with E-state index < -0.39 is 123 Å². The first-order valence-corrected chi connectivity index (χ1v) is 36.4. The molecule has 0 saturated carbocycles. The average Bonchev–Trinajstić information content (AvgIpc) is 0.745. The summed E-state index contributed by atoms with van der Waals surface area (Å²) in [5.74, 6) is -0.842. The monoisotopic (exact) mass is 1380 g/mol. The van der Waals surface area contributed by atoms with Gasteiger partial charge in [0.25, 0.3) is 0 Å². The van der Waals surface area contributed by atoms with Gasteiger partial charge in [-0.05, 0) is 59.9 Å². The Bertz CT molecular complexity index is 3500. The lowest BCUT2D eigenvalue weighted by atomic mass is 9.84. The second-order valence-corrected chi connectivity index (χ2v) is 27.5. The van der Waals surface area contributed by atoms with Gasteiger partial charge in [0.05, 0.1) is 71.2 Å². The molecular weight excluding hydrogens is 1280 g/mol. The van der Waals surface area contributed by atoms with Crippen LogP contribution in [0.1, 0.15) is 111 Å². The standard InChI is InChI=1S/C84H100O17/c1-6-7-8-9-10-32-47-86-79-58(4)71(73-68(94-79)54-91-81(98-73)65-43-28-16-29-44-65)97-84-78(101-83-77(90-52-64-41-26-15-27-42-64)75(89-51-63-39-24-14-25-40-63)72(59(5)93-83)88-50-62-37-22-13-23-38-62)76(74-69(96-84)55-92-82(99-74)66-45-30-17-31-46-66)100-80-57(3)56(2)70(87-49-61-35-20-12-21-36-61)67(95-80)53-85-48-60-33-18-11-19-34-60/h6,11-31,33-46,56-59,67-84H,1,7-10,32,47-55H2,2-5H3/t56-,57?,58?,59?,67?,68?,69?,70-,71-,72-,73+,74+,75+,76+,77?,78?,79-,80-,81?,82?,83+,84+/m1/s1. The van der Waals surface area contributed by atoms with Gasteiger partial charge in [0.15, 0.2) is 37.7 Å². The van der Waals surface area contributed by atoms with Crippen LogP contribution in [-0.4, -0.2) is 131 Å². The van der Waals surface area contributed by atoms with E-state index in [9.17, 15) is 0 Å². The molecule has 22 atom stereocenters. The molecule has 13 rings (SSSR count). The van der Waals surface area contributed by atoms with Crippen LogP contribution in [0.25, 0.3) is 0 Å². The van der Waals surface area contributed by atoms with E-state index in [1.807, 2.05) is 201 Å². The van der Waals surface area contributed by atoms with Crippen molar-refractivity contribution in [1.29, 1.82) is 0 Å². The van der Waals surface area contributed by atoms with Crippen LogP contribution in [-0.2, 0) is 114 Å². The van der Waals surface area contributed by atoms with E-state index in [2.05, 4.69) is 51.6 Å². The van der Waals surface area contributed by atoms with Crippen molar-refractivity contribution in [2.75, 3.05) is 26.4 Å². The molecule has 0 radical (unpaired) electrons. The Hall–Kier alpha value is -6.40. The highest BCUT2D eigenvalue weighted by atomic mass is 16.8. The average molecular weight is 1380 g/mol. The normalized spacial score (nSPS) is 32.6. The predicted octanol–water partition coefficient (Wildman–Crippen LogP) is 14.9. The molecule has 17 nitrogen and oxygen atoms in total. The summed E-state index contributed by atoms with van der Waals surface area (Å²) in [4.78, 5) is 0. The van der Waals surface area contributed by atoms with Crippen LogP contribution in [0, 0.1) is 17.8 Å². The molecule has 17 heteroatoms. The molecule has 0 bridgehead atoms. The molecule has 6 aliphatic heterocycles. The molecule has 6 saturated heterocycles. The van der Waals surface area contributed by atoms with Crippen LogP contribution in [0.3, 0.4) is 0 Å². The quantitative estimate of drug-likeness (QED) is 0.0289. The van der Waals surface area contributed by atoms with Gasteiger partial charge in [0, 0.05) is 29.6 Å². The molecule has 6 fully saturated rings. The van der Waals surface area contributed by atoms with Gasteiger partial charge < -0.3 is 80.5 Å². The van der Waals surface area contributed by atoms with Crippen molar-refractivity contribution in [3.05, 3.63) is 264 Å². The fourth-order valence-electron chi connectivity index (χ4n) is 14.4. The van der Waals surface area contributed by atoms with Gasteiger partial charge in [-0.15, -0.1) is 6.58 Å². The van der Waals surface area contributed by atoms with Crippen LogP contribution in [0.2, 0.25) is 0 Å². The third-order valence-corrected chi connectivity index (χ3v) is 20.2. The Morgan fingerprint density at radius 2 is 0.782 bits per heavy atom. The Morgan fingerprint density at radius 1 is 0.356 bits per heavy atom. The van der Waals surface area contributed by atoms with Crippen LogP contribution in [0.15, 0.2) is 225 Å². The summed E-state index contributed by atoms with van der Waals surface area (Å²) in [6.45, 7) is 14.8. The molecule has 0 aliphatic carbocycles. The van der Waals surface area contributed by atoms with E-state index in [-0.39, 0.29) is 51.5 Å². The Labute approximate surface area is 595 Å². The maximum absolute atomic E-state index is 7.90. The van der Waals surface area contributed by atoms with Crippen molar-refractivity contribution >= 4 is 0 Å². The third-order valence-electron chi connectivity index (χ3n) is 20.2. The summed E-state index contributed by atoms with van der Waals surface area (Å²) in [7, 11) is 0. The SMILES string of the molecule is C=CCCCCCCO[C@@H]1OC2COC(c3ccccc3)O[C@@H]2[C@H](O[C@@H]2OC3COC(c4ccccc4)O[C@@H]3[C@H](O[C@H]3OC(COCc4ccccc4)[C@H](OCc4ccccc4)[C@H](C)C3C)C2O[C@@H]2OC(C)[C@@H](OCc3ccccc3)[C@H](OCc3ccccc3)C2OCc2ccccc2)C1C. The summed E-state index contributed by atoms with van der Waals surface area (Å²) in [5.41, 5.74) is 6.66. The zero-order chi connectivity index (χ0) is 69.1. The summed E-state index contributed by atoms with van der Waals surface area (Å²) < 4.78 is 122. The van der Waals surface area contributed by atoms with Crippen molar-refractivity contribution in [1.82, 2.24) is 0 Å². The second kappa shape index (κ2) is 36.8. The number of unbranched alkanes of at least 4 members (excludes halogenated alkanes) is 4. The summed E-state index contributed by atoms with van der Waals surface area (Å²) in [6.07, 6.45) is -8.62. The van der Waals surface area contributed by atoms with Gasteiger partial charge in [0.2, 0.25) is 0 Å². The maximum Gasteiger partial charge on any atom is 0.187 e. The van der Waals surface area contributed by atoms with Gasteiger partial charge in [-0.1, -0.05) is 252 Å². The molecule has 10 unspecified atom stereocenters. The molecule has 7 aromatic carbocycles. The lowest BCUT2D eigenvalue weighted by Gasteiger charge is -2.54. The molecule has 7 aromatic rings. The van der Waals surface area contributed by atoms with Crippen LogP contribution < -0.4 is 0 Å². The number of hydrogen-bond donors (Lipinski definition) is 0. The summed E-state index contributed by atoms with van der Waals surface area (Å²) >= 11 is 0. The van der Waals surface area contributed by atoms with Crippen molar-refractivity contribution in [3.63, 3.8) is 0 Å². The molecule has 0 N–H and O–H groups in total. The van der Waals surface area contributed by atoms with E-state index in [4.69, 9.17) is 80.5 Å². The van der Waals surface area contributed by atoms with Gasteiger partial charge in [-0.2, -0.15) is 0 Å². The van der Waals surface area contributed by atoms with Gasteiger partial charge in [-0.25, -0.2) is 0 Å². The van der Waals surface area contributed by atoms with Gasteiger partial charge in [-0.3, -0.25) is 0 Å². The minimum atomic E-state index is -1.26. The summed E-state index contributed by atoms with van der Waals surface area (Å²) in [5, 5.41) is 0. The number of hydrogen-bond acceptors (Lipinski definition) is 17. The molecule has 538 valence electrons. The molecule has 6 heterocycles. The van der Waals surface area contributed by atoms with Gasteiger partial charge >= 0.3 is 0 Å². The third kappa shape index (κ3) is 19.1. The number of ether oxygens (including phenoxy) is 17. The lowest BCUT2D eigenvalue weighted by Crippen LogP contribution is -2.69. The van der Waals surface area contributed by atoms with Crippen molar-refractivity contribution in [3.8, 4) is 0 Å². The highest BCUT2D eigenvalue weighted by Gasteiger charge is 2.60. The zero-order valence-corrected chi connectivity index (χ0v) is 58.5. The minimum absolute atomic E-state index is 0.101. The number of fused-ring (bicyclic) bond motifs is 2. The number of benzene rings is 7. The molecule has 6 aliphatic rings. The topological polar surface area (TPSA) is 157 Å². The predicted molar refractivity (Wildman–Crippen MR) is 378 cm³/mol. The number of allylic oxidation sites excluding steroid dienone is 1. The second-order valence-electron chi connectivity index (χ2n) is 27.5. The van der Waals surface area contributed by atoms with E-state index in [1.165, 1.54) is 0 Å². The summed E-state index contributed by atoms with van der Waals surface area (Å²) in [6, 6.07) is 70.4. The first-order valence-electron chi connectivity index (χ1n) is 36.4. The highest BCUT2D eigenvalue weighted by Crippen LogP contribution is 2.46. The fourth-order valence-corrected chi connectivity index (χ4v) is 14.4. The molecule has 0 amide bonds. The maximum atomic E-state index is 7.90.